The minimum atomic E-state index is 0.681. The largest absolute Gasteiger partial charge is 0.127 e. The van der Waals surface area contributed by atoms with E-state index in [0.29, 0.717) is 5.41 Å². The van der Waals surface area contributed by atoms with E-state index in [2.05, 4.69) is 20.8 Å². The van der Waals surface area contributed by atoms with Gasteiger partial charge in [-0.05, 0) is 47.8 Å². The number of fused-ring (bicyclic) bond motifs is 4. The van der Waals surface area contributed by atoms with Crippen LogP contribution < -0.4 is 0 Å². The van der Waals surface area contributed by atoms with Crippen molar-refractivity contribution in [1.29, 1.82) is 0 Å². The quantitative estimate of drug-likeness (QED) is 0.586. The van der Waals surface area contributed by atoms with Crippen LogP contribution in [0.25, 0.3) is 0 Å². The van der Waals surface area contributed by atoms with Crippen LogP contribution in [0.5, 0.6) is 0 Å². The predicted octanol–water partition coefficient (Wildman–Crippen LogP) is 4.91. The van der Waals surface area contributed by atoms with Crippen LogP contribution in [0.4, 0.5) is 0 Å². The summed E-state index contributed by atoms with van der Waals surface area (Å²) in [5, 5.41) is 0. The second-order valence-electron chi connectivity index (χ2n) is 9.25. The highest BCUT2D eigenvalue weighted by Crippen LogP contribution is 2.65. The third kappa shape index (κ3) is 1.86. The Kier molecular flexibility index (Phi) is 2.88. The Morgan fingerprint density at radius 2 is 1.63 bits per heavy atom. The van der Waals surface area contributed by atoms with Crippen molar-refractivity contribution >= 4 is 7.28 Å². The first-order valence-corrected chi connectivity index (χ1v) is 9.05. The lowest BCUT2D eigenvalue weighted by Crippen LogP contribution is -2.56. The maximum absolute atomic E-state index is 2.61. The van der Waals surface area contributed by atoms with Crippen LogP contribution >= 0.6 is 0 Å². The molecule has 0 spiro atoms. The van der Waals surface area contributed by atoms with Gasteiger partial charge in [-0.3, -0.25) is 0 Å². The first-order chi connectivity index (χ1) is 9.05. The molecule has 3 saturated carbocycles. The van der Waals surface area contributed by atoms with E-state index in [-0.39, 0.29) is 0 Å². The van der Waals surface area contributed by atoms with Gasteiger partial charge >= 0.3 is 0 Å². The molecule has 106 valence electrons. The molecule has 19 heavy (non-hydrogen) atoms. The molecular formula is C18H31B. The second-order valence-corrected chi connectivity index (χ2v) is 9.25. The van der Waals surface area contributed by atoms with E-state index in [1.165, 1.54) is 0 Å². The molecule has 2 saturated heterocycles. The van der Waals surface area contributed by atoms with Gasteiger partial charge in [-0.15, -0.1) is 0 Å². The highest BCUT2D eigenvalue weighted by Gasteiger charge is 2.57. The molecule has 6 atom stereocenters. The average Bonchev–Trinajstić information content (AvgIpc) is 2.37. The van der Waals surface area contributed by atoms with Gasteiger partial charge in [-0.2, -0.15) is 0 Å². The summed E-state index contributed by atoms with van der Waals surface area (Å²) in [5.41, 5.74) is 0.681. The van der Waals surface area contributed by atoms with E-state index in [1.54, 1.807) is 52.2 Å². The predicted molar refractivity (Wildman–Crippen MR) is 83.9 cm³/mol. The molecule has 3 aliphatic carbocycles. The molecule has 0 aromatic rings. The fourth-order valence-electron chi connectivity index (χ4n) is 6.94. The molecule has 2 aliphatic heterocycles. The van der Waals surface area contributed by atoms with E-state index in [4.69, 9.17) is 0 Å². The summed E-state index contributed by atoms with van der Waals surface area (Å²) in [4.78, 5) is 0. The molecule has 0 aromatic heterocycles. The Bertz CT molecular complexity index is 349. The third-order valence-electron chi connectivity index (χ3n) is 8.18. The van der Waals surface area contributed by atoms with Crippen LogP contribution in [0.3, 0.4) is 0 Å². The van der Waals surface area contributed by atoms with Crippen molar-refractivity contribution < 1.29 is 0 Å². The van der Waals surface area contributed by atoms with Gasteiger partial charge in [0.05, 0.1) is 0 Å². The molecule has 5 aliphatic rings. The maximum Gasteiger partial charge on any atom is 0.127 e. The summed E-state index contributed by atoms with van der Waals surface area (Å²) in [5.74, 6) is 7.59. The Hall–Kier alpha value is 0.0649. The first-order valence-electron chi connectivity index (χ1n) is 9.05. The van der Waals surface area contributed by atoms with Crippen molar-refractivity contribution in [2.45, 2.75) is 77.4 Å². The number of hydrogen-bond acceptors (Lipinski definition) is 0. The molecule has 0 N–H and O–H groups in total. The molecular weight excluding hydrogens is 227 g/mol. The topological polar surface area (TPSA) is 0 Å². The Morgan fingerprint density at radius 3 is 2.21 bits per heavy atom. The van der Waals surface area contributed by atoms with Crippen molar-refractivity contribution in [3.8, 4) is 0 Å². The van der Waals surface area contributed by atoms with Crippen molar-refractivity contribution in [3.63, 3.8) is 0 Å². The molecule has 5 fully saturated rings. The minimum absolute atomic E-state index is 0.681. The molecule has 6 unspecified atom stereocenters. The van der Waals surface area contributed by atoms with Crippen LogP contribution in [0.1, 0.15) is 65.7 Å². The standard InChI is InChI=1S/C18H31B/c1-11-16(9-13-10-17(11)18(13,2)3)12-7-14-5-4-6-15(8-12)19-14/h11-17,19H,4-10H2,1-3H3. The molecule has 0 radical (unpaired) electrons. The van der Waals surface area contributed by atoms with Gasteiger partial charge in [-0.25, -0.2) is 0 Å². The average molecular weight is 258 g/mol. The lowest BCUT2D eigenvalue weighted by molar-refractivity contribution is -0.142. The molecule has 5 rings (SSSR count). The summed E-state index contributed by atoms with van der Waals surface area (Å²) >= 11 is 0. The first kappa shape index (κ1) is 12.8. The van der Waals surface area contributed by atoms with Crippen LogP contribution in [-0.4, -0.2) is 7.28 Å². The molecule has 4 bridgehead atoms. The van der Waals surface area contributed by atoms with Gasteiger partial charge in [-0.1, -0.05) is 64.5 Å². The summed E-state index contributed by atoms with van der Waals surface area (Å²) in [6, 6.07) is 0. The maximum atomic E-state index is 2.61. The van der Waals surface area contributed by atoms with E-state index >= 15 is 0 Å². The summed E-state index contributed by atoms with van der Waals surface area (Å²) in [6.45, 7) is 7.71. The van der Waals surface area contributed by atoms with E-state index in [0.717, 1.165) is 41.2 Å². The van der Waals surface area contributed by atoms with Gasteiger partial charge < -0.3 is 0 Å². The monoisotopic (exact) mass is 258 g/mol. The van der Waals surface area contributed by atoms with Crippen LogP contribution in [0.15, 0.2) is 0 Å². The van der Waals surface area contributed by atoms with Crippen LogP contribution in [0.2, 0.25) is 11.6 Å². The van der Waals surface area contributed by atoms with Crippen molar-refractivity contribution in [2.24, 2.45) is 35.0 Å². The SMILES string of the molecule is CC1C(C2CC3BC(CCC3)C2)CC2CC1C2(C)C. The minimum Gasteiger partial charge on any atom is -0.0652 e. The Labute approximate surface area is 120 Å². The highest BCUT2D eigenvalue weighted by atomic mass is 14.6. The molecule has 0 nitrogen and oxygen atoms in total. The van der Waals surface area contributed by atoms with E-state index in [1.807, 2.05) is 0 Å². The van der Waals surface area contributed by atoms with Crippen molar-refractivity contribution in [1.82, 2.24) is 0 Å². The number of rotatable bonds is 1. The van der Waals surface area contributed by atoms with Gasteiger partial charge in [0.2, 0.25) is 0 Å². The van der Waals surface area contributed by atoms with Crippen LogP contribution in [-0.2, 0) is 0 Å². The Balaban J connectivity index is 1.49. The molecule has 0 amide bonds. The van der Waals surface area contributed by atoms with E-state index < -0.39 is 0 Å². The third-order valence-corrected chi connectivity index (χ3v) is 8.18. The number of hydrogen-bond donors (Lipinski definition) is 0. The smallest absolute Gasteiger partial charge is 0.0652 e. The molecule has 1 heteroatoms. The van der Waals surface area contributed by atoms with Gasteiger partial charge in [0, 0.05) is 0 Å². The zero-order chi connectivity index (χ0) is 13.2. The summed E-state index contributed by atoms with van der Waals surface area (Å²) in [7, 11) is 1.59. The fourth-order valence-corrected chi connectivity index (χ4v) is 6.94. The van der Waals surface area contributed by atoms with E-state index in [9.17, 15) is 0 Å². The second kappa shape index (κ2) is 4.28. The van der Waals surface area contributed by atoms with Gasteiger partial charge in [0.1, 0.15) is 7.28 Å². The zero-order valence-corrected chi connectivity index (χ0v) is 13.2. The Morgan fingerprint density at radius 1 is 0.947 bits per heavy atom. The van der Waals surface area contributed by atoms with Gasteiger partial charge in [0.25, 0.3) is 0 Å². The molecule has 2 heterocycles. The van der Waals surface area contributed by atoms with Crippen molar-refractivity contribution in [2.75, 3.05) is 0 Å². The zero-order valence-electron chi connectivity index (χ0n) is 13.2. The normalized spacial score (nSPS) is 55.0. The fraction of sp³-hybridized carbons (Fsp3) is 1.00. The lowest BCUT2D eigenvalue weighted by atomic mass is 9.37. The van der Waals surface area contributed by atoms with Gasteiger partial charge in [0.15, 0.2) is 0 Å². The summed E-state index contributed by atoms with van der Waals surface area (Å²) < 4.78 is 0. The highest BCUT2D eigenvalue weighted by molar-refractivity contribution is 6.40. The van der Waals surface area contributed by atoms with Crippen molar-refractivity contribution in [3.05, 3.63) is 0 Å². The van der Waals surface area contributed by atoms with Crippen LogP contribution in [0, 0.1) is 35.0 Å². The summed E-state index contributed by atoms with van der Waals surface area (Å²) in [6.07, 6.45) is 11.0. The molecule has 0 aromatic carbocycles. The lowest BCUT2D eigenvalue weighted by Gasteiger charge is -2.64.